The fourth-order valence-electron chi connectivity index (χ4n) is 3.49. The molecule has 0 saturated carbocycles. The molecule has 1 atom stereocenters. The number of piperazine rings is 1. The van der Waals surface area contributed by atoms with Gasteiger partial charge in [0.25, 0.3) is 0 Å². The average molecular weight is 355 g/mol. The second kappa shape index (κ2) is 7.37. The zero-order valence-corrected chi connectivity index (χ0v) is 15.3. The summed E-state index contributed by atoms with van der Waals surface area (Å²) in [5.41, 5.74) is 1.26. The van der Waals surface area contributed by atoms with Crippen LogP contribution in [0.5, 0.6) is 11.5 Å². The Hall–Kier alpha value is -2.54. The van der Waals surface area contributed by atoms with Gasteiger partial charge in [-0.05, 0) is 37.6 Å². The van der Waals surface area contributed by atoms with Crippen molar-refractivity contribution in [2.24, 2.45) is 0 Å². The number of nitrogens with zero attached hydrogens (tertiary/aromatic N) is 4. The van der Waals surface area contributed by atoms with E-state index in [1.807, 2.05) is 25.3 Å². The van der Waals surface area contributed by atoms with E-state index in [1.54, 1.807) is 0 Å². The molecule has 1 aromatic carbocycles. The third-order valence-corrected chi connectivity index (χ3v) is 5.04. The Morgan fingerprint density at radius 1 is 1.12 bits per heavy atom. The zero-order valence-electron chi connectivity index (χ0n) is 15.3. The van der Waals surface area contributed by atoms with Crippen LogP contribution in [0.25, 0.3) is 0 Å². The molecule has 4 rings (SSSR count). The van der Waals surface area contributed by atoms with E-state index in [0.29, 0.717) is 18.8 Å². The van der Waals surface area contributed by atoms with E-state index in [2.05, 4.69) is 44.1 Å². The molecular formula is C19H25N5O2. The van der Waals surface area contributed by atoms with Crippen LogP contribution in [0.15, 0.2) is 30.5 Å². The minimum atomic E-state index is 0.319. The molecule has 26 heavy (non-hydrogen) atoms. The maximum atomic E-state index is 5.51. The normalized spacial score (nSPS) is 18.0. The van der Waals surface area contributed by atoms with E-state index in [9.17, 15) is 0 Å². The number of fused-ring (bicyclic) bond motifs is 1. The second-order valence-corrected chi connectivity index (χ2v) is 6.58. The first kappa shape index (κ1) is 16.9. The monoisotopic (exact) mass is 355 g/mol. The molecule has 1 fully saturated rings. The quantitative estimate of drug-likeness (QED) is 0.884. The van der Waals surface area contributed by atoms with Crippen LogP contribution >= 0.6 is 0 Å². The predicted octanol–water partition coefficient (Wildman–Crippen LogP) is 2.52. The highest BCUT2D eigenvalue weighted by molar-refractivity contribution is 5.46. The van der Waals surface area contributed by atoms with Crippen molar-refractivity contribution in [3.8, 4) is 11.5 Å². The van der Waals surface area contributed by atoms with E-state index in [1.165, 1.54) is 5.56 Å². The standard InChI is InChI=1S/C19H25N5O2/c1-3-20-19-21-7-6-18(22-19)24-10-8-23(9-11-24)14(2)15-4-5-16-17(12-15)26-13-25-16/h4-7,12,14H,3,8-11,13H2,1-2H3,(H,20,21,22). The van der Waals surface area contributed by atoms with Crippen molar-refractivity contribution in [2.45, 2.75) is 19.9 Å². The Labute approximate surface area is 153 Å². The summed E-state index contributed by atoms with van der Waals surface area (Å²) in [6.45, 7) is 9.35. The summed E-state index contributed by atoms with van der Waals surface area (Å²) in [6.07, 6.45) is 1.82. The van der Waals surface area contributed by atoms with Crippen molar-refractivity contribution in [1.29, 1.82) is 0 Å². The van der Waals surface area contributed by atoms with Crippen LogP contribution in [0.4, 0.5) is 11.8 Å². The Bertz CT molecular complexity index is 761. The number of hydrogen-bond donors (Lipinski definition) is 1. The van der Waals surface area contributed by atoms with Gasteiger partial charge in [0, 0.05) is 45.0 Å². The summed E-state index contributed by atoms with van der Waals surface area (Å²) in [5, 5.41) is 3.17. The van der Waals surface area contributed by atoms with Gasteiger partial charge in [-0.1, -0.05) is 6.07 Å². The molecule has 2 aromatic rings. The van der Waals surface area contributed by atoms with Gasteiger partial charge in [-0.25, -0.2) is 4.98 Å². The van der Waals surface area contributed by atoms with Crippen LogP contribution in [-0.4, -0.2) is 54.4 Å². The summed E-state index contributed by atoms with van der Waals surface area (Å²) in [6, 6.07) is 8.57. The van der Waals surface area contributed by atoms with Gasteiger partial charge >= 0.3 is 0 Å². The Balaban J connectivity index is 1.39. The number of anilines is 2. The van der Waals surface area contributed by atoms with Gasteiger partial charge in [0.1, 0.15) is 5.82 Å². The van der Waals surface area contributed by atoms with Crippen molar-refractivity contribution >= 4 is 11.8 Å². The first-order valence-corrected chi connectivity index (χ1v) is 9.20. The summed E-state index contributed by atoms with van der Waals surface area (Å²) >= 11 is 0. The molecule has 2 aliphatic heterocycles. The second-order valence-electron chi connectivity index (χ2n) is 6.58. The fraction of sp³-hybridized carbons (Fsp3) is 0.474. The number of ether oxygens (including phenoxy) is 2. The lowest BCUT2D eigenvalue weighted by atomic mass is 10.1. The summed E-state index contributed by atoms with van der Waals surface area (Å²) in [7, 11) is 0. The van der Waals surface area contributed by atoms with Crippen LogP contribution in [0.1, 0.15) is 25.5 Å². The van der Waals surface area contributed by atoms with Gasteiger partial charge in [-0.15, -0.1) is 0 Å². The average Bonchev–Trinajstić information content (AvgIpc) is 3.16. The van der Waals surface area contributed by atoms with Gasteiger partial charge < -0.3 is 19.7 Å². The summed E-state index contributed by atoms with van der Waals surface area (Å²) in [5.74, 6) is 3.38. The molecule has 1 N–H and O–H groups in total. The molecule has 3 heterocycles. The van der Waals surface area contributed by atoms with Gasteiger partial charge in [0.05, 0.1) is 0 Å². The highest BCUT2D eigenvalue weighted by atomic mass is 16.7. The van der Waals surface area contributed by atoms with Crippen LogP contribution in [0.3, 0.4) is 0 Å². The lowest BCUT2D eigenvalue weighted by Crippen LogP contribution is -2.47. The first-order valence-electron chi connectivity index (χ1n) is 9.20. The molecule has 138 valence electrons. The zero-order chi connectivity index (χ0) is 17.9. The van der Waals surface area contributed by atoms with Gasteiger partial charge in [0.15, 0.2) is 11.5 Å². The van der Waals surface area contributed by atoms with E-state index in [4.69, 9.17) is 9.47 Å². The number of nitrogens with one attached hydrogen (secondary N) is 1. The van der Waals surface area contributed by atoms with Gasteiger partial charge in [-0.2, -0.15) is 4.98 Å². The number of hydrogen-bond acceptors (Lipinski definition) is 7. The molecule has 2 aliphatic rings. The summed E-state index contributed by atoms with van der Waals surface area (Å²) in [4.78, 5) is 13.7. The molecule has 0 radical (unpaired) electrons. The number of rotatable bonds is 5. The highest BCUT2D eigenvalue weighted by Gasteiger charge is 2.24. The van der Waals surface area contributed by atoms with E-state index < -0.39 is 0 Å². The Morgan fingerprint density at radius 2 is 1.92 bits per heavy atom. The maximum absolute atomic E-state index is 5.51. The van der Waals surface area contributed by atoms with E-state index in [-0.39, 0.29) is 0 Å². The van der Waals surface area contributed by atoms with Crippen molar-refractivity contribution in [2.75, 3.05) is 49.7 Å². The molecular weight excluding hydrogens is 330 g/mol. The largest absolute Gasteiger partial charge is 0.454 e. The first-order chi connectivity index (χ1) is 12.7. The fourth-order valence-corrected chi connectivity index (χ4v) is 3.49. The van der Waals surface area contributed by atoms with E-state index in [0.717, 1.165) is 50.0 Å². The molecule has 0 spiro atoms. The van der Waals surface area contributed by atoms with Gasteiger partial charge in [0.2, 0.25) is 12.7 Å². The minimum Gasteiger partial charge on any atom is -0.454 e. The smallest absolute Gasteiger partial charge is 0.231 e. The molecule has 7 nitrogen and oxygen atoms in total. The predicted molar refractivity (Wildman–Crippen MR) is 101 cm³/mol. The molecule has 1 saturated heterocycles. The maximum Gasteiger partial charge on any atom is 0.231 e. The van der Waals surface area contributed by atoms with Crippen LogP contribution in [0.2, 0.25) is 0 Å². The summed E-state index contributed by atoms with van der Waals surface area (Å²) < 4.78 is 10.9. The highest BCUT2D eigenvalue weighted by Crippen LogP contribution is 2.35. The SMILES string of the molecule is CCNc1nccc(N2CCN(C(C)c3ccc4c(c3)OCO4)CC2)n1. The van der Waals surface area contributed by atoms with Crippen molar-refractivity contribution < 1.29 is 9.47 Å². The Morgan fingerprint density at radius 3 is 2.73 bits per heavy atom. The topological polar surface area (TPSA) is 62.8 Å². The third kappa shape index (κ3) is 3.39. The molecule has 1 unspecified atom stereocenters. The van der Waals surface area contributed by atoms with E-state index >= 15 is 0 Å². The Kier molecular flexibility index (Phi) is 4.79. The minimum absolute atomic E-state index is 0.319. The van der Waals surface area contributed by atoms with Crippen molar-refractivity contribution in [3.05, 3.63) is 36.0 Å². The lowest BCUT2D eigenvalue weighted by Gasteiger charge is -2.38. The van der Waals surface area contributed by atoms with Crippen molar-refractivity contribution in [1.82, 2.24) is 14.9 Å². The van der Waals surface area contributed by atoms with Gasteiger partial charge in [-0.3, -0.25) is 4.90 Å². The third-order valence-electron chi connectivity index (χ3n) is 5.04. The van der Waals surface area contributed by atoms with Crippen LogP contribution in [-0.2, 0) is 0 Å². The molecule has 1 aromatic heterocycles. The lowest BCUT2D eigenvalue weighted by molar-refractivity contribution is 0.173. The number of aromatic nitrogens is 2. The molecule has 0 bridgehead atoms. The molecule has 0 aliphatic carbocycles. The number of benzene rings is 1. The molecule has 0 amide bonds. The van der Waals surface area contributed by atoms with Crippen molar-refractivity contribution in [3.63, 3.8) is 0 Å². The van der Waals surface area contributed by atoms with Crippen LogP contribution in [0, 0.1) is 0 Å². The van der Waals surface area contributed by atoms with Crippen LogP contribution < -0.4 is 19.7 Å². The molecule has 7 heteroatoms.